The van der Waals surface area contributed by atoms with E-state index in [1.54, 1.807) is 6.20 Å². The van der Waals surface area contributed by atoms with Crippen molar-refractivity contribution in [3.05, 3.63) is 17.5 Å². The predicted octanol–water partition coefficient (Wildman–Crippen LogP) is 2.59. The second-order valence-electron chi connectivity index (χ2n) is 3.91. The van der Waals surface area contributed by atoms with Crippen LogP contribution in [0.1, 0.15) is 19.8 Å². The van der Waals surface area contributed by atoms with Crippen LogP contribution in [-0.4, -0.2) is 16.5 Å². The largest absolute Gasteiger partial charge is 0.368 e. The number of nitrogens with zero attached hydrogens (tertiary/aromatic N) is 2. The third kappa shape index (κ3) is 2.35. The molecule has 0 aliphatic heterocycles. The minimum Gasteiger partial charge on any atom is -0.368 e. The fourth-order valence-electron chi connectivity index (χ4n) is 1.53. The average molecular weight is 212 g/mol. The molecule has 0 spiro atoms. The maximum Gasteiger partial charge on any atom is 0.148 e. The molecule has 1 atom stereocenters. The summed E-state index contributed by atoms with van der Waals surface area (Å²) in [6.07, 6.45) is 5.87. The number of nitrogens with one attached hydrogen (secondary N) is 1. The molecule has 0 aromatic carbocycles. The smallest absolute Gasteiger partial charge is 0.148 e. The summed E-state index contributed by atoms with van der Waals surface area (Å²) < 4.78 is 0. The van der Waals surface area contributed by atoms with E-state index < -0.39 is 0 Å². The van der Waals surface area contributed by atoms with Gasteiger partial charge >= 0.3 is 0 Å². The van der Waals surface area contributed by atoms with Crippen LogP contribution in [-0.2, 0) is 0 Å². The van der Waals surface area contributed by atoms with E-state index in [-0.39, 0.29) is 0 Å². The minimum atomic E-state index is 0.593. The van der Waals surface area contributed by atoms with Gasteiger partial charge in [-0.15, -0.1) is 0 Å². The maximum absolute atomic E-state index is 5.92. The molecule has 14 heavy (non-hydrogen) atoms. The van der Waals surface area contributed by atoms with E-state index in [4.69, 9.17) is 11.6 Å². The molecule has 4 heteroatoms. The van der Waals surface area contributed by atoms with Crippen molar-refractivity contribution < 1.29 is 0 Å². The fourth-order valence-corrected chi connectivity index (χ4v) is 1.70. The molecule has 1 fully saturated rings. The number of anilines is 1. The lowest BCUT2D eigenvalue weighted by atomic mass is 10.1. The predicted molar refractivity (Wildman–Crippen MR) is 57.4 cm³/mol. The first-order chi connectivity index (χ1) is 6.77. The number of aromatic nitrogens is 2. The van der Waals surface area contributed by atoms with E-state index in [0.717, 1.165) is 18.3 Å². The highest BCUT2D eigenvalue weighted by Crippen LogP contribution is 2.36. The minimum absolute atomic E-state index is 0.593. The van der Waals surface area contributed by atoms with E-state index in [9.17, 15) is 0 Å². The third-order valence-corrected chi connectivity index (χ3v) is 2.96. The van der Waals surface area contributed by atoms with Crippen LogP contribution in [0.2, 0.25) is 5.02 Å². The topological polar surface area (TPSA) is 37.8 Å². The monoisotopic (exact) mass is 211 g/mol. The van der Waals surface area contributed by atoms with Gasteiger partial charge in [0.15, 0.2) is 0 Å². The van der Waals surface area contributed by atoms with Gasteiger partial charge in [-0.2, -0.15) is 0 Å². The first-order valence-electron chi connectivity index (χ1n) is 4.96. The lowest BCUT2D eigenvalue weighted by molar-refractivity contribution is 0.536. The van der Waals surface area contributed by atoms with Gasteiger partial charge in [-0.05, 0) is 24.7 Å². The molecule has 1 aliphatic carbocycles. The van der Waals surface area contributed by atoms with Gasteiger partial charge in [-0.1, -0.05) is 18.5 Å². The summed E-state index contributed by atoms with van der Waals surface area (Å²) in [5, 5.41) is 3.84. The van der Waals surface area contributed by atoms with Crippen LogP contribution in [0.15, 0.2) is 12.5 Å². The van der Waals surface area contributed by atoms with Crippen molar-refractivity contribution in [2.24, 2.45) is 11.8 Å². The van der Waals surface area contributed by atoms with E-state index in [1.807, 2.05) is 0 Å². The molecule has 1 aromatic heterocycles. The molecular weight excluding hydrogens is 198 g/mol. The summed E-state index contributed by atoms with van der Waals surface area (Å²) >= 11 is 5.92. The van der Waals surface area contributed by atoms with Gasteiger partial charge in [-0.25, -0.2) is 9.97 Å². The molecule has 0 saturated heterocycles. The highest BCUT2D eigenvalue weighted by atomic mass is 35.5. The Labute approximate surface area is 88.9 Å². The number of halogens is 1. The molecular formula is C10H14ClN3. The van der Waals surface area contributed by atoms with Gasteiger partial charge in [0.1, 0.15) is 17.2 Å². The van der Waals surface area contributed by atoms with Gasteiger partial charge in [0.25, 0.3) is 0 Å². The number of rotatable bonds is 4. The summed E-state index contributed by atoms with van der Waals surface area (Å²) in [5.41, 5.74) is 0. The van der Waals surface area contributed by atoms with E-state index >= 15 is 0 Å². The molecule has 1 saturated carbocycles. The lowest BCUT2D eigenvalue weighted by Gasteiger charge is -2.12. The summed E-state index contributed by atoms with van der Waals surface area (Å²) in [6, 6.07) is 0. The first kappa shape index (κ1) is 9.71. The molecule has 3 nitrogen and oxygen atoms in total. The van der Waals surface area contributed by atoms with Crippen molar-refractivity contribution in [2.75, 3.05) is 11.9 Å². The van der Waals surface area contributed by atoms with Gasteiger partial charge < -0.3 is 5.32 Å². The van der Waals surface area contributed by atoms with E-state index in [1.165, 1.54) is 19.2 Å². The Balaban J connectivity index is 1.87. The zero-order valence-corrected chi connectivity index (χ0v) is 8.96. The van der Waals surface area contributed by atoms with Gasteiger partial charge in [0, 0.05) is 6.54 Å². The first-order valence-corrected chi connectivity index (χ1v) is 5.34. The molecule has 0 radical (unpaired) electrons. The molecule has 1 aliphatic rings. The molecule has 1 heterocycles. The quantitative estimate of drug-likeness (QED) is 0.832. The summed E-state index contributed by atoms with van der Waals surface area (Å²) in [6.45, 7) is 3.21. The normalized spacial score (nSPS) is 17.9. The number of hydrogen-bond acceptors (Lipinski definition) is 3. The van der Waals surface area contributed by atoms with E-state index in [0.29, 0.717) is 10.9 Å². The molecule has 0 bridgehead atoms. The van der Waals surface area contributed by atoms with Crippen molar-refractivity contribution in [3.8, 4) is 0 Å². The highest BCUT2D eigenvalue weighted by Gasteiger charge is 2.27. The SMILES string of the molecule is CC(CNc1ncncc1Cl)C1CC1. The zero-order chi connectivity index (χ0) is 9.97. The van der Waals surface area contributed by atoms with Crippen molar-refractivity contribution >= 4 is 17.4 Å². The Morgan fingerprint density at radius 3 is 3.07 bits per heavy atom. The Bertz CT molecular complexity index is 312. The Morgan fingerprint density at radius 1 is 1.64 bits per heavy atom. The standard InChI is InChI=1S/C10H14ClN3/c1-7(8-2-3-8)4-13-10-9(11)5-12-6-14-10/h5-8H,2-4H2,1H3,(H,12,13,14). The second kappa shape index (κ2) is 4.13. The van der Waals surface area contributed by atoms with E-state index in [2.05, 4.69) is 22.2 Å². The fraction of sp³-hybridized carbons (Fsp3) is 0.600. The summed E-state index contributed by atoms with van der Waals surface area (Å²) in [4.78, 5) is 7.91. The van der Waals surface area contributed by atoms with Crippen LogP contribution in [0.4, 0.5) is 5.82 Å². The Hall–Kier alpha value is -0.830. The van der Waals surface area contributed by atoms with Gasteiger partial charge in [0.05, 0.1) is 6.20 Å². The van der Waals surface area contributed by atoms with Crippen molar-refractivity contribution in [1.29, 1.82) is 0 Å². The van der Waals surface area contributed by atoms with Crippen molar-refractivity contribution in [1.82, 2.24) is 9.97 Å². The van der Waals surface area contributed by atoms with Crippen molar-refractivity contribution in [2.45, 2.75) is 19.8 Å². The second-order valence-corrected chi connectivity index (χ2v) is 4.32. The summed E-state index contributed by atoms with van der Waals surface area (Å²) in [5.74, 6) is 2.36. The molecule has 76 valence electrons. The molecule has 2 rings (SSSR count). The third-order valence-electron chi connectivity index (χ3n) is 2.69. The van der Waals surface area contributed by atoms with Crippen LogP contribution in [0, 0.1) is 11.8 Å². The molecule has 1 aromatic rings. The van der Waals surface area contributed by atoms with Crippen LogP contribution >= 0.6 is 11.6 Å². The van der Waals surface area contributed by atoms with Crippen LogP contribution in [0.5, 0.6) is 0 Å². The zero-order valence-electron chi connectivity index (χ0n) is 8.20. The lowest BCUT2D eigenvalue weighted by Crippen LogP contribution is -2.13. The van der Waals surface area contributed by atoms with Gasteiger partial charge in [-0.3, -0.25) is 0 Å². The van der Waals surface area contributed by atoms with Crippen LogP contribution in [0.25, 0.3) is 0 Å². The Morgan fingerprint density at radius 2 is 2.43 bits per heavy atom. The van der Waals surface area contributed by atoms with Crippen molar-refractivity contribution in [3.63, 3.8) is 0 Å². The average Bonchev–Trinajstić information content (AvgIpc) is 2.99. The number of hydrogen-bond donors (Lipinski definition) is 1. The molecule has 1 unspecified atom stereocenters. The Kier molecular flexibility index (Phi) is 2.87. The van der Waals surface area contributed by atoms with Gasteiger partial charge in [0.2, 0.25) is 0 Å². The molecule has 1 N–H and O–H groups in total. The maximum atomic E-state index is 5.92. The summed E-state index contributed by atoms with van der Waals surface area (Å²) in [7, 11) is 0. The van der Waals surface area contributed by atoms with Crippen LogP contribution < -0.4 is 5.32 Å². The van der Waals surface area contributed by atoms with Crippen LogP contribution in [0.3, 0.4) is 0 Å². The highest BCUT2D eigenvalue weighted by molar-refractivity contribution is 6.32. The molecule has 0 amide bonds.